The molecule has 0 unspecified atom stereocenters. The van der Waals surface area contributed by atoms with Crippen LogP contribution >= 0.6 is 0 Å². The molecule has 1 aliphatic heterocycles. The number of rotatable bonds is 6. The summed E-state index contributed by atoms with van der Waals surface area (Å²) in [5.74, 6) is 0.0654. The summed E-state index contributed by atoms with van der Waals surface area (Å²) >= 11 is 0. The maximum Gasteiger partial charge on any atom is 0.240 e. The van der Waals surface area contributed by atoms with Crippen molar-refractivity contribution in [2.45, 2.75) is 38.0 Å². The van der Waals surface area contributed by atoms with E-state index >= 15 is 0 Å². The first-order valence-corrected chi connectivity index (χ1v) is 10.4. The first-order chi connectivity index (χ1) is 12.4. The average molecular weight is 372 g/mol. The fourth-order valence-electron chi connectivity index (χ4n) is 3.16. The number of benzene rings is 2. The number of hydrogen-bond donors (Lipinski definition) is 1. The Morgan fingerprint density at radius 3 is 2.58 bits per heavy atom. The number of fused-ring (bicyclic) bond motifs is 1. The van der Waals surface area contributed by atoms with Crippen LogP contribution in [0.3, 0.4) is 0 Å². The second-order valence-corrected chi connectivity index (χ2v) is 8.34. The quantitative estimate of drug-likeness (QED) is 0.848. The fraction of sp³-hybridized carbons (Fsp3) is 0.350. The van der Waals surface area contributed by atoms with Crippen molar-refractivity contribution < 1.29 is 13.2 Å². The molecule has 1 heterocycles. The molecule has 3 rings (SSSR count). The van der Waals surface area contributed by atoms with Crippen LogP contribution in [-0.4, -0.2) is 27.4 Å². The lowest BCUT2D eigenvalue weighted by Crippen LogP contribution is -2.28. The number of hydrogen-bond acceptors (Lipinski definition) is 3. The number of amides is 1. The van der Waals surface area contributed by atoms with Gasteiger partial charge in [0.25, 0.3) is 0 Å². The Balaban J connectivity index is 1.68. The molecule has 0 saturated carbocycles. The molecular weight excluding hydrogens is 348 g/mol. The van der Waals surface area contributed by atoms with Crippen LogP contribution in [0, 0.1) is 6.92 Å². The molecule has 0 fully saturated rings. The zero-order valence-electron chi connectivity index (χ0n) is 15.2. The van der Waals surface area contributed by atoms with Gasteiger partial charge < -0.3 is 4.90 Å². The summed E-state index contributed by atoms with van der Waals surface area (Å²) < 4.78 is 27.8. The van der Waals surface area contributed by atoms with Crippen LogP contribution < -0.4 is 9.62 Å². The highest BCUT2D eigenvalue weighted by Gasteiger charge is 2.25. The number of carbonyl (C=O) groups excluding carboxylic acids is 1. The fourth-order valence-corrected chi connectivity index (χ4v) is 4.25. The number of anilines is 1. The predicted octanol–water partition coefficient (Wildman–Crippen LogP) is 2.82. The van der Waals surface area contributed by atoms with E-state index in [1.807, 2.05) is 38.1 Å². The van der Waals surface area contributed by atoms with Crippen LogP contribution in [0.1, 0.15) is 30.0 Å². The van der Waals surface area contributed by atoms with Gasteiger partial charge >= 0.3 is 0 Å². The lowest BCUT2D eigenvalue weighted by atomic mass is 10.1. The molecule has 1 amide bonds. The number of aryl methyl sites for hydroxylation is 1. The topological polar surface area (TPSA) is 66.5 Å². The average Bonchev–Trinajstić information content (AvgIpc) is 3.06. The van der Waals surface area contributed by atoms with E-state index in [4.69, 9.17) is 0 Å². The van der Waals surface area contributed by atoms with Gasteiger partial charge in [-0.15, -0.1) is 0 Å². The standard InChI is InChI=1S/C20H24N2O3S/c1-3-20(23)22-13-11-17-14-18(8-9-19(17)22)26(24,25)21-12-10-16-6-4-15(2)5-7-16/h4-9,14,21H,3,10-13H2,1-2H3. The summed E-state index contributed by atoms with van der Waals surface area (Å²) in [6.07, 6.45) is 1.77. The van der Waals surface area contributed by atoms with Crippen LogP contribution in [0.25, 0.3) is 0 Å². The van der Waals surface area contributed by atoms with Crippen molar-refractivity contribution in [3.05, 3.63) is 59.2 Å². The molecule has 0 radical (unpaired) electrons. The van der Waals surface area contributed by atoms with Crippen LogP contribution in [0.15, 0.2) is 47.4 Å². The Morgan fingerprint density at radius 1 is 1.15 bits per heavy atom. The summed E-state index contributed by atoms with van der Waals surface area (Å²) in [7, 11) is -3.56. The lowest BCUT2D eigenvalue weighted by molar-refractivity contribution is -0.118. The highest BCUT2D eigenvalue weighted by molar-refractivity contribution is 7.89. The molecule has 6 heteroatoms. The Hall–Kier alpha value is -2.18. The third-order valence-corrected chi connectivity index (χ3v) is 6.15. The van der Waals surface area contributed by atoms with Crippen molar-refractivity contribution in [1.82, 2.24) is 4.72 Å². The summed E-state index contributed by atoms with van der Waals surface area (Å²) in [6, 6.07) is 13.1. The highest BCUT2D eigenvalue weighted by Crippen LogP contribution is 2.30. The SMILES string of the molecule is CCC(=O)N1CCc2cc(S(=O)(=O)NCCc3ccc(C)cc3)ccc21. The number of sulfonamides is 1. The Kier molecular flexibility index (Phi) is 5.44. The molecule has 5 nitrogen and oxygen atoms in total. The summed E-state index contributed by atoms with van der Waals surface area (Å²) in [6.45, 7) is 4.82. The molecule has 0 atom stereocenters. The molecule has 0 aromatic heterocycles. The number of nitrogens with zero attached hydrogens (tertiary/aromatic N) is 1. The molecule has 2 aromatic carbocycles. The van der Waals surface area contributed by atoms with E-state index in [0.29, 0.717) is 32.4 Å². The van der Waals surface area contributed by atoms with Gasteiger partial charge in [-0.25, -0.2) is 13.1 Å². The van der Waals surface area contributed by atoms with Crippen molar-refractivity contribution in [3.63, 3.8) is 0 Å². The second-order valence-electron chi connectivity index (χ2n) is 6.57. The smallest absolute Gasteiger partial charge is 0.240 e. The van der Waals surface area contributed by atoms with Crippen molar-refractivity contribution in [3.8, 4) is 0 Å². The van der Waals surface area contributed by atoms with Gasteiger partial charge in [0.2, 0.25) is 15.9 Å². The molecule has 138 valence electrons. The van der Waals surface area contributed by atoms with E-state index in [-0.39, 0.29) is 10.8 Å². The Bertz CT molecular complexity index is 905. The van der Waals surface area contributed by atoms with Crippen LogP contribution in [0.5, 0.6) is 0 Å². The first-order valence-electron chi connectivity index (χ1n) is 8.89. The minimum Gasteiger partial charge on any atom is -0.312 e. The molecule has 1 aliphatic rings. The lowest BCUT2D eigenvalue weighted by Gasteiger charge is -2.16. The largest absolute Gasteiger partial charge is 0.312 e. The molecule has 0 aliphatic carbocycles. The summed E-state index contributed by atoms with van der Waals surface area (Å²) in [4.78, 5) is 13.9. The first kappa shape index (κ1) is 18.6. The van der Waals surface area contributed by atoms with Crippen molar-refractivity contribution >= 4 is 21.6 Å². The van der Waals surface area contributed by atoms with Crippen molar-refractivity contribution in [2.24, 2.45) is 0 Å². The van der Waals surface area contributed by atoms with E-state index < -0.39 is 10.0 Å². The van der Waals surface area contributed by atoms with Gasteiger partial charge in [0.05, 0.1) is 4.90 Å². The Morgan fingerprint density at radius 2 is 1.88 bits per heavy atom. The number of nitrogens with one attached hydrogen (secondary N) is 1. The molecule has 0 spiro atoms. The molecular formula is C20H24N2O3S. The monoisotopic (exact) mass is 372 g/mol. The maximum absolute atomic E-state index is 12.6. The molecule has 0 saturated heterocycles. The molecule has 1 N–H and O–H groups in total. The second kappa shape index (κ2) is 7.60. The Labute approximate surface area is 155 Å². The van der Waals surface area contributed by atoms with E-state index in [9.17, 15) is 13.2 Å². The van der Waals surface area contributed by atoms with Crippen molar-refractivity contribution in [2.75, 3.05) is 18.0 Å². The third-order valence-electron chi connectivity index (χ3n) is 4.69. The molecule has 26 heavy (non-hydrogen) atoms. The van der Waals surface area contributed by atoms with Crippen LogP contribution in [0.4, 0.5) is 5.69 Å². The van der Waals surface area contributed by atoms with Gasteiger partial charge in [0.1, 0.15) is 0 Å². The van der Waals surface area contributed by atoms with E-state index in [1.54, 1.807) is 23.1 Å². The van der Waals surface area contributed by atoms with Crippen LogP contribution in [0.2, 0.25) is 0 Å². The van der Waals surface area contributed by atoms with E-state index in [1.165, 1.54) is 5.56 Å². The predicted molar refractivity (Wildman–Crippen MR) is 103 cm³/mol. The number of carbonyl (C=O) groups is 1. The van der Waals surface area contributed by atoms with Gasteiger partial charge in [0, 0.05) is 25.2 Å². The minimum atomic E-state index is -3.56. The van der Waals surface area contributed by atoms with Crippen LogP contribution in [-0.2, 0) is 27.7 Å². The van der Waals surface area contributed by atoms with Gasteiger partial charge in [-0.3, -0.25) is 4.79 Å². The maximum atomic E-state index is 12.6. The normalized spacial score (nSPS) is 13.7. The molecule has 0 bridgehead atoms. The van der Waals surface area contributed by atoms with Gasteiger partial charge in [-0.1, -0.05) is 36.8 Å². The highest BCUT2D eigenvalue weighted by atomic mass is 32.2. The van der Waals surface area contributed by atoms with Gasteiger partial charge in [-0.05, 0) is 49.1 Å². The van der Waals surface area contributed by atoms with E-state index in [0.717, 1.165) is 16.8 Å². The molecule has 2 aromatic rings. The van der Waals surface area contributed by atoms with E-state index in [2.05, 4.69) is 4.72 Å². The zero-order valence-corrected chi connectivity index (χ0v) is 16.0. The van der Waals surface area contributed by atoms with Gasteiger partial charge in [0.15, 0.2) is 0 Å². The van der Waals surface area contributed by atoms with Crippen molar-refractivity contribution in [1.29, 1.82) is 0 Å². The van der Waals surface area contributed by atoms with Gasteiger partial charge in [-0.2, -0.15) is 0 Å². The zero-order chi connectivity index (χ0) is 18.7. The minimum absolute atomic E-state index is 0.0654. The summed E-state index contributed by atoms with van der Waals surface area (Å²) in [5.41, 5.74) is 4.02. The third kappa shape index (κ3) is 3.97. The summed E-state index contributed by atoms with van der Waals surface area (Å²) in [5, 5.41) is 0.